The molecule has 0 aromatic heterocycles. The van der Waals surface area contributed by atoms with Crippen molar-refractivity contribution in [3.05, 3.63) is 35.4 Å². The van der Waals surface area contributed by atoms with Crippen LogP contribution in [0.5, 0.6) is 0 Å². The van der Waals surface area contributed by atoms with Gasteiger partial charge in [-0.1, -0.05) is 29.8 Å². The van der Waals surface area contributed by atoms with E-state index in [0.717, 1.165) is 5.02 Å². The minimum absolute atomic E-state index is 0.794. The molecule has 2 heteroatoms. The van der Waals surface area contributed by atoms with Gasteiger partial charge in [-0.05, 0) is 26.2 Å². The first-order chi connectivity index (χ1) is 4.81. The fraction of sp³-hybridized carbons (Fsp3) is 0.250. The molecule has 0 spiro atoms. The minimum Gasteiger partial charge on any atom is -0.323 e. The highest BCUT2D eigenvalue weighted by molar-refractivity contribution is 6.30. The van der Waals surface area contributed by atoms with E-state index >= 15 is 0 Å². The van der Waals surface area contributed by atoms with Gasteiger partial charge in [-0.2, -0.15) is 0 Å². The SMILES string of the molecule is CNC.Clc1ccccc1. The van der Waals surface area contributed by atoms with E-state index in [-0.39, 0.29) is 0 Å². The average Bonchev–Trinajstić information content (AvgIpc) is 1.91. The molecule has 56 valence electrons. The van der Waals surface area contributed by atoms with Gasteiger partial charge in [0, 0.05) is 5.02 Å². The van der Waals surface area contributed by atoms with Crippen LogP contribution in [0.4, 0.5) is 0 Å². The molecule has 0 saturated carbocycles. The molecule has 10 heavy (non-hydrogen) atoms. The number of halogens is 1. The second kappa shape index (κ2) is 6.59. The summed E-state index contributed by atoms with van der Waals surface area (Å²) < 4.78 is 0. The molecule has 1 rings (SSSR count). The van der Waals surface area contributed by atoms with Crippen molar-refractivity contribution < 1.29 is 0 Å². The van der Waals surface area contributed by atoms with Crippen LogP contribution in [0.25, 0.3) is 0 Å². The third-order valence-electron chi connectivity index (χ3n) is 0.733. The van der Waals surface area contributed by atoms with Gasteiger partial charge in [0.05, 0.1) is 0 Å². The van der Waals surface area contributed by atoms with E-state index in [9.17, 15) is 0 Å². The summed E-state index contributed by atoms with van der Waals surface area (Å²) in [5.41, 5.74) is 0. The fourth-order valence-electron chi connectivity index (χ4n) is 0.415. The second-order valence-corrected chi connectivity index (χ2v) is 2.23. The fourth-order valence-corrected chi connectivity index (χ4v) is 0.560. The van der Waals surface area contributed by atoms with E-state index < -0.39 is 0 Å². The van der Waals surface area contributed by atoms with Crippen molar-refractivity contribution in [3.8, 4) is 0 Å². The van der Waals surface area contributed by atoms with Crippen LogP contribution >= 0.6 is 11.6 Å². The molecule has 0 aliphatic carbocycles. The molecule has 1 nitrogen and oxygen atoms in total. The maximum Gasteiger partial charge on any atom is 0.0405 e. The predicted molar refractivity (Wildman–Crippen MR) is 46.4 cm³/mol. The molecule has 0 fully saturated rings. The van der Waals surface area contributed by atoms with Gasteiger partial charge >= 0.3 is 0 Å². The van der Waals surface area contributed by atoms with Gasteiger partial charge in [0.15, 0.2) is 0 Å². The Morgan fingerprint density at radius 2 is 1.50 bits per heavy atom. The van der Waals surface area contributed by atoms with Crippen molar-refractivity contribution in [2.45, 2.75) is 0 Å². The first kappa shape index (κ1) is 9.47. The summed E-state index contributed by atoms with van der Waals surface area (Å²) in [5.74, 6) is 0. The highest BCUT2D eigenvalue weighted by atomic mass is 35.5. The van der Waals surface area contributed by atoms with Gasteiger partial charge in [0.2, 0.25) is 0 Å². The van der Waals surface area contributed by atoms with Crippen LogP contribution < -0.4 is 5.32 Å². The van der Waals surface area contributed by atoms with Gasteiger partial charge in [0.25, 0.3) is 0 Å². The smallest absolute Gasteiger partial charge is 0.0405 e. The summed E-state index contributed by atoms with van der Waals surface area (Å²) in [6.45, 7) is 0. The molecule has 1 aromatic rings. The number of hydrogen-bond donors (Lipinski definition) is 1. The number of benzene rings is 1. The minimum atomic E-state index is 0.794. The van der Waals surface area contributed by atoms with Crippen LogP contribution in [0.1, 0.15) is 0 Å². The molecule has 1 N–H and O–H groups in total. The number of hydrogen-bond acceptors (Lipinski definition) is 1. The van der Waals surface area contributed by atoms with Gasteiger partial charge < -0.3 is 5.32 Å². The molecule has 0 aliphatic rings. The van der Waals surface area contributed by atoms with Crippen molar-refractivity contribution in [2.75, 3.05) is 14.1 Å². The lowest BCUT2D eigenvalue weighted by atomic mass is 10.4. The lowest BCUT2D eigenvalue weighted by molar-refractivity contribution is 1.02. The van der Waals surface area contributed by atoms with Crippen LogP contribution in [0.2, 0.25) is 5.02 Å². The maximum absolute atomic E-state index is 5.54. The second-order valence-electron chi connectivity index (χ2n) is 1.80. The van der Waals surface area contributed by atoms with E-state index in [1.165, 1.54) is 0 Å². The first-order valence-corrected chi connectivity index (χ1v) is 3.48. The Balaban J connectivity index is 0.000000236. The molecule has 0 unspecified atom stereocenters. The number of rotatable bonds is 0. The van der Waals surface area contributed by atoms with Crippen LogP contribution in [-0.4, -0.2) is 14.1 Å². The highest BCUT2D eigenvalue weighted by Crippen LogP contribution is 2.03. The Morgan fingerprint density at radius 1 is 1.10 bits per heavy atom. The Morgan fingerprint density at radius 3 is 1.70 bits per heavy atom. The van der Waals surface area contributed by atoms with Crippen LogP contribution in [0.3, 0.4) is 0 Å². The third kappa shape index (κ3) is 5.60. The average molecular weight is 158 g/mol. The van der Waals surface area contributed by atoms with E-state index in [1.807, 2.05) is 44.4 Å². The quantitative estimate of drug-likeness (QED) is 0.609. The lowest BCUT2D eigenvalue weighted by Gasteiger charge is -1.80. The van der Waals surface area contributed by atoms with E-state index in [0.29, 0.717) is 0 Å². The zero-order valence-corrected chi connectivity index (χ0v) is 7.02. The molecular formula is C8H12ClN. The van der Waals surface area contributed by atoms with Crippen molar-refractivity contribution in [1.29, 1.82) is 0 Å². The molecule has 0 bridgehead atoms. The zero-order valence-electron chi connectivity index (χ0n) is 6.26. The lowest BCUT2D eigenvalue weighted by Crippen LogP contribution is -1.89. The summed E-state index contributed by atoms with van der Waals surface area (Å²) in [4.78, 5) is 0. The van der Waals surface area contributed by atoms with Crippen LogP contribution in [0, 0.1) is 0 Å². The summed E-state index contributed by atoms with van der Waals surface area (Å²) in [5, 5.41) is 3.54. The van der Waals surface area contributed by atoms with E-state index in [4.69, 9.17) is 11.6 Å². The van der Waals surface area contributed by atoms with Crippen molar-refractivity contribution >= 4 is 11.6 Å². The molecule has 1 aromatic carbocycles. The molecular weight excluding hydrogens is 146 g/mol. The van der Waals surface area contributed by atoms with Gasteiger partial charge in [-0.3, -0.25) is 0 Å². The van der Waals surface area contributed by atoms with Crippen molar-refractivity contribution in [1.82, 2.24) is 5.32 Å². The Labute approximate surface area is 67.0 Å². The monoisotopic (exact) mass is 157 g/mol. The molecule has 0 saturated heterocycles. The molecule has 0 radical (unpaired) electrons. The Bertz CT molecular complexity index is 151. The van der Waals surface area contributed by atoms with E-state index in [2.05, 4.69) is 5.32 Å². The standard InChI is InChI=1S/C6H5Cl.C2H7N/c7-6-4-2-1-3-5-6;1-3-2/h1-5H;3H,1-2H3. The summed E-state index contributed by atoms with van der Waals surface area (Å²) >= 11 is 5.54. The zero-order chi connectivity index (χ0) is 7.82. The number of nitrogens with one attached hydrogen (secondary N) is 1. The predicted octanol–water partition coefficient (Wildman–Crippen LogP) is 2.18. The summed E-state index contributed by atoms with van der Waals surface area (Å²) in [7, 11) is 3.75. The summed E-state index contributed by atoms with van der Waals surface area (Å²) in [6.07, 6.45) is 0. The molecule has 0 atom stereocenters. The topological polar surface area (TPSA) is 12.0 Å². The van der Waals surface area contributed by atoms with Crippen molar-refractivity contribution in [3.63, 3.8) is 0 Å². The van der Waals surface area contributed by atoms with E-state index in [1.54, 1.807) is 0 Å². The van der Waals surface area contributed by atoms with Gasteiger partial charge in [0.1, 0.15) is 0 Å². The Hall–Kier alpha value is -0.530. The molecule has 0 amide bonds. The first-order valence-electron chi connectivity index (χ1n) is 3.10. The molecule has 0 heterocycles. The summed E-state index contributed by atoms with van der Waals surface area (Å²) in [6, 6.07) is 9.44. The maximum atomic E-state index is 5.54. The van der Waals surface area contributed by atoms with Gasteiger partial charge in [-0.15, -0.1) is 0 Å². The van der Waals surface area contributed by atoms with Crippen molar-refractivity contribution in [2.24, 2.45) is 0 Å². The highest BCUT2D eigenvalue weighted by Gasteiger charge is 1.74. The largest absolute Gasteiger partial charge is 0.323 e. The Kier molecular flexibility index (Phi) is 6.24. The normalized spacial score (nSPS) is 7.90. The van der Waals surface area contributed by atoms with Crippen LogP contribution in [-0.2, 0) is 0 Å². The third-order valence-corrected chi connectivity index (χ3v) is 0.985. The van der Waals surface area contributed by atoms with Crippen LogP contribution in [0.15, 0.2) is 30.3 Å². The van der Waals surface area contributed by atoms with Gasteiger partial charge in [-0.25, -0.2) is 0 Å². The molecule has 0 aliphatic heterocycles.